The number of aryl methyl sites for hydroxylation is 1. The van der Waals surface area contributed by atoms with Crippen LogP contribution in [-0.4, -0.2) is 23.0 Å². The molecule has 0 saturated heterocycles. The van der Waals surface area contributed by atoms with Crippen molar-refractivity contribution in [2.45, 2.75) is 57.9 Å². The van der Waals surface area contributed by atoms with Crippen LogP contribution in [0.3, 0.4) is 0 Å². The van der Waals surface area contributed by atoms with E-state index >= 15 is 0 Å². The van der Waals surface area contributed by atoms with Crippen molar-refractivity contribution >= 4 is 11.9 Å². The van der Waals surface area contributed by atoms with Crippen LogP contribution in [0.5, 0.6) is 0 Å². The first kappa shape index (κ1) is 16.5. The summed E-state index contributed by atoms with van der Waals surface area (Å²) >= 11 is 0. The fraction of sp³-hybridized carbons (Fsp3) is 0.556. The van der Waals surface area contributed by atoms with Gasteiger partial charge >= 0.3 is 5.97 Å². The lowest BCUT2D eigenvalue weighted by atomic mass is 9.79. The molecule has 120 valence electrons. The van der Waals surface area contributed by atoms with Crippen LogP contribution in [0.1, 0.15) is 56.6 Å². The van der Waals surface area contributed by atoms with Crippen LogP contribution in [0.2, 0.25) is 0 Å². The van der Waals surface area contributed by atoms with E-state index in [4.69, 9.17) is 0 Å². The molecule has 2 N–H and O–H groups in total. The zero-order valence-corrected chi connectivity index (χ0v) is 13.3. The van der Waals surface area contributed by atoms with Gasteiger partial charge < -0.3 is 10.4 Å². The predicted octanol–water partition coefficient (Wildman–Crippen LogP) is 3.11. The highest BCUT2D eigenvalue weighted by atomic mass is 16.4. The summed E-state index contributed by atoms with van der Waals surface area (Å²) in [6.45, 7) is 3.75. The van der Waals surface area contributed by atoms with E-state index < -0.39 is 12.0 Å². The molecule has 2 rings (SSSR count). The van der Waals surface area contributed by atoms with Crippen LogP contribution in [0, 0.1) is 5.92 Å². The molecule has 1 aromatic carbocycles. The smallest absolute Gasteiger partial charge is 0.326 e. The predicted molar refractivity (Wildman–Crippen MR) is 85.8 cm³/mol. The molecule has 4 heteroatoms. The summed E-state index contributed by atoms with van der Waals surface area (Å²) in [6.07, 6.45) is 4.30. The molecular weight excluding hydrogens is 278 g/mol. The van der Waals surface area contributed by atoms with Gasteiger partial charge in [-0.25, -0.2) is 4.79 Å². The van der Waals surface area contributed by atoms with Crippen LogP contribution >= 0.6 is 0 Å². The fourth-order valence-electron chi connectivity index (χ4n) is 3.10. The van der Waals surface area contributed by atoms with Gasteiger partial charge in [0.2, 0.25) is 5.91 Å². The van der Waals surface area contributed by atoms with Crippen LogP contribution in [0.4, 0.5) is 0 Å². The third-order valence-electron chi connectivity index (χ3n) is 4.69. The zero-order chi connectivity index (χ0) is 16.1. The van der Waals surface area contributed by atoms with E-state index in [1.807, 2.05) is 26.0 Å². The second-order valence-corrected chi connectivity index (χ2v) is 6.23. The topological polar surface area (TPSA) is 66.4 Å². The van der Waals surface area contributed by atoms with E-state index in [1.54, 1.807) is 0 Å². The highest BCUT2D eigenvalue weighted by molar-refractivity contribution is 5.84. The second kappa shape index (κ2) is 7.43. The molecule has 3 atom stereocenters. The SMILES string of the molecule is CCC(C)C(=O)NC(CC1CCCc2ccccc21)C(=O)O. The first-order valence-corrected chi connectivity index (χ1v) is 8.13. The van der Waals surface area contributed by atoms with Crippen LogP contribution in [-0.2, 0) is 16.0 Å². The second-order valence-electron chi connectivity index (χ2n) is 6.23. The minimum Gasteiger partial charge on any atom is -0.480 e. The molecule has 0 aliphatic heterocycles. The van der Waals surface area contributed by atoms with Gasteiger partial charge in [0.05, 0.1) is 0 Å². The maximum absolute atomic E-state index is 12.0. The number of nitrogens with one attached hydrogen (secondary N) is 1. The number of aliphatic carboxylic acids is 1. The Labute approximate surface area is 131 Å². The number of carboxylic acid groups (broad SMARTS) is 1. The van der Waals surface area contributed by atoms with E-state index in [1.165, 1.54) is 11.1 Å². The Kier molecular flexibility index (Phi) is 5.58. The third kappa shape index (κ3) is 3.87. The molecule has 1 aliphatic carbocycles. The maximum Gasteiger partial charge on any atom is 0.326 e. The van der Waals surface area contributed by atoms with Gasteiger partial charge in [-0.1, -0.05) is 38.1 Å². The normalized spacial score (nSPS) is 19.8. The molecule has 22 heavy (non-hydrogen) atoms. The summed E-state index contributed by atoms with van der Waals surface area (Å²) in [6, 6.07) is 7.44. The Morgan fingerprint density at radius 2 is 2.09 bits per heavy atom. The van der Waals surface area contributed by atoms with Gasteiger partial charge in [-0.15, -0.1) is 0 Å². The van der Waals surface area contributed by atoms with E-state index in [0.717, 1.165) is 19.3 Å². The van der Waals surface area contributed by atoms with Crippen LogP contribution in [0.25, 0.3) is 0 Å². The number of carbonyl (C=O) groups excluding carboxylic acids is 1. The summed E-state index contributed by atoms with van der Waals surface area (Å²) < 4.78 is 0. The Bertz CT molecular complexity index is 541. The number of carboxylic acids is 1. The molecule has 1 aliphatic rings. The Morgan fingerprint density at radius 1 is 1.36 bits per heavy atom. The molecule has 1 amide bonds. The molecule has 0 heterocycles. The highest BCUT2D eigenvalue weighted by Crippen LogP contribution is 2.34. The van der Waals surface area contributed by atoms with Crippen molar-refractivity contribution in [3.05, 3.63) is 35.4 Å². The number of fused-ring (bicyclic) bond motifs is 1. The average molecular weight is 303 g/mol. The zero-order valence-electron chi connectivity index (χ0n) is 13.3. The van der Waals surface area contributed by atoms with Crippen molar-refractivity contribution in [2.24, 2.45) is 5.92 Å². The minimum atomic E-state index is -0.945. The number of rotatable bonds is 6. The molecule has 0 spiro atoms. The number of amides is 1. The van der Waals surface area contributed by atoms with Gasteiger partial charge in [0.1, 0.15) is 6.04 Å². The monoisotopic (exact) mass is 303 g/mol. The molecule has 0 radical (unpaired) electrons. The van der Waals surface area contributed by atoms with E-state index in [9.17, 15) is 14.7 Å². The van der Waals surface area contributed by atoms with Crippen LogP contribution < -0.4 is 5.32 Å². The lowest BCUT2D eigenvalue weighted by Crippen LogP contribution is -2.44. The molecule has 4 nitrogen and oxygen atoms in total. The molecule has 0 fully saturated rings. The molecule has 0 bridgehead atoms. The fourth-order valence-corrected chi connectivity index (χ4v) is 3.10. The average Bonchev–Trinajstić information content (AvgIpc) is 2.53. The largest absolute Gasteiger partial charge is 0.480 e. The van der Waals surface area contributed by atoms with E-state index in [-0.39, 0.29) is 17.7 Å². The number of carbonyl (C=O) groups is 2. The Hall–Kier alpha value is -1.84. The van der Waals surface area contributed by atoms with E-state index in [0.29, 0.717) is 12.8 Å². The molecule has 1 aromatic rings. The lowest BCUT2D eigenvalue weighted by molar-refractivity contribution is -0.142. The van der Waals surface area contributed by atoms with Gasteiger partial charge in [0.25, 0.3) is 0 Å². The minimum absolute atomic E-state index is 0.152. The number of hydrogen-bond acceptors (Lipinski definition) is 2. The summed E-state index contributed by atoms with van der Waals surface area (Å²) in [5.74, 6) is -1.05. The standard InChI is InChI=1S/C18H25NO3/c1-3-12(2)17(20)19-16(18(21)22)11-14-9-6-8-13-7-4-5-10-15(13)14/h4-5,7,10,12,14,16H,3,6,8-9,11H2,1-2H3,(H,19,20)(H,21,22). The van der Waals surface area contributed by atoms with Crippen molar-refractivity contribution in [1.29, 1.82) is 0 Å². The Morgan fingerprint density at radius 3 is 2.77 bits per heavy atom. The number of hydrogen-bond donors (Lipinski definition) is 2. The van der Waals surface area contributed by atoms with Gasteiger partial charge in [0, 0.05) is 5.92 Å². The first-order chi connectivity index (χ1) is 10.5. The molecule has 0 saturated carbocycles. The summed E-state index contributed by atoms with van der Waals surface area (Å²) in [5.41, 5.74) is 2.56. The molecular formula is C18H25NO3. The summed E-state index contributed by atoms with van der Waals surface area (Å²) in [7, 11) is 0. The van der Waals surface area contributed by atoms with Gasteiger partial charge in [-0.3, -0.25) is 4.79 Å². The maximum atomic E-state index is 12.0. The molecule has 0 aromatic heterocycles. The van der Waals surface area contributed by atoms with Gasteiger partial charge in [0.15, 0.2) is 0 Å². The molecule has 3 unspecified atom stereocenters. The first-order valence-electron chi connectivity index (χ1n) is 8.13. The van der Waals surface area contributed by atoms with E-state index in [2.05, 4.69) is 17.4 Å². The quantitative estimate of drug-likeness (QED) is 0.848. The summed E-state index contributed by atoms with van der Waals surface area (Å²) in [5, 5.41) is 12.1. The summed E-state index contributed by atoms with van der Waals surface area (Å²) in [4.78, 5) is 23.5. The van der Waals surface area contributed by atoms with Crippen LogP contribution in [0.15, 0.2) is 24.3 Å². The van der Waals surface area contributed by atoms with Crippen molar-refractivity contribution in [2.75, 3.05) is 0 Å². The van der Waals surface area contributed by atoms with Crippen molar-refractivity contribution in [3.63, 3.8) is 0 Å². The number of benzene rings is 1. The van der Waals surface area contributed by atoms with Crippen molar-refractivity contribution in [3.8, 4) is 0 Å². The van der Waals surface area contributed by atoms with Crippen molar-refractivity contribution in [1.82, 2.24) is 5.32 Å². The van der Waals surface area contributed by atoms with Crippen molar-refractivity contribution < 1.29 is 14.7 Å². The Balaban J connectivity index is 2.09. The van der Waals surface area contributed by atoms with Gasteiger partial charge in [-0.2, -0.15) is 0 Å². The van der Waals surface area contributed by atoms with Gasteiger partial charge in [-0.05, 0) is 49.1 Å². The highest BCUT2D eigenvalue weighted by Gasteiger charge is 2.28. The third-order valence-corrected chi connectivity index (χ3v) is 4.69. The lowest BCUT2D eigenvalue weighted by Gasteiger charge is -2.28.